The highest BCUT2D eigenvalue weighted by molar-refractivity contribution is 7.99. The maximum atomic E-state index is 13.5. The lowest BCUT2D eigenvalue weighted by atomic mass is 10.0. The Morgan fingerprint density at radius 2 is 1.92 bits per heavy atom. The van der Waals surface area contributed by atoms with E-state index in [-0.39, 0.29) is 36.4 Å². The molecule has 2 aromatic carbocycles. The van der Waals surface area contributed by atoms with Gasteiger partial charge >= 0.3 is 0 Å². The molecule has 1 aliphatic heterocycles. The van der Waals surface area contributed by atoms with Gasteiger partial charge < -0.3 is 5.32 Å². The molecule has 1 aliphatic rings. The summed E-state index contributed by atoms with van der Waals surface area (Å²) in [6, 6.07) is 13.5. The van der Waals surface area contributed by atoms with Crippen LogP contribution in [0.3, 0.4) is 0 Å². The summed E-state index contributed by atoms with van der Waals surface area (Å²) in [5.74, 6) is 0.365. The van der Waals surface area contributed by atoms with Crippen molar-refractivity contribution in [2.75, 3.05) is 5.75 Å². The van der Waals surface area contributed by atoms with Crippen LogP contribution in [0, 0.1) is 5.82 Å². The molecule has 1 amide bonds. The average molecular weight is 343 g/mol. The van der Waals surface area contributed by atoms with E-state index in [2.05, 4.69) is 5.32 Å². The lowest BCUT2D eigenvalue weighted by Gasteiger charge is -2.26. The quantitative estimate of drug-likeness (QED) is 0.830. The number of hydrogen-bond acceptors (Lipinski definition) is 3. The third-order valence-corrected chi connectivity index (χ3v) is 5.14. The second kappa shape index (κ2) is 7.62. The third kappa shape index (κ3) is 4.03. The van der Waals surface area contributed by atoms with Crippen LogP contribution in [0.2, 0.25) is 0 Å². The van der Waals surface area contributed by atoms with Crippen molar-refractivity contribution >= 4 is 23.5 Å². The van der Waals surface area contributed by atoms with Gasteiger partial charge in [-0.25, -0.2) is 4.39 Å². The average Bonchev–Trinajstić information content (AvgIpc) is 2.61. The number of fused-ring (bicyclic) bond motifs is 1. The molecule has 0 saturated carbocycles. The second-order valence-corrected chi connectivity index (χ2v) is 6.87. The summed E-state index contributed by atoms with van der Waals surface area (Å²) in [5.41, 5.74) is 1.45. The first kappa shape index (κ1) is 16.7. The van der Waals surface area contributed by atoms with Gasteiger partial charge in [-0.3, -0.25) is 9.59 Å². The summed E-state index contributed by atoms with van der Waals surface area (Å²) in [6.45, 7) is 0. The Morgan fingerprint density at radius 1 is 1.12 bits per heavy atom. The lowest BCUT2D eigenvalue weighted by Crippen LogP contribution is -2.31. The number of amides is 1. The van der Waals surface area contributed by atoms with Gasteiger partial charge in [0, 0.05) is 29.1 Å². The summed E-state index contributed by atoms with van der Waals surface area (Å²) in [6.07, 6.45) is 1.08. The molecule has 0 radical (unpaired) electrons. The Kier molecular flexibility index (Phi) is 5.30. The maximum absolute atomic E-state index is 13.5. The van der Waals surface area contributed by atoms with Gasteiger partial charge in [-0.1, -0.05) is 30.3 Å². The van der Waals surface area contributed by atoms with E-state index in [0.29, 0.717) is 5.56 Å². The van der Waals surface area contributed by atoms with E-state index in [1.54, 1.807) is 42.1 Å². The molecule has 24 heavy (non-hydrogen) atoms. The number of nitrogens with one attached hydrogen (secondary N) is 1. The Hall–Kier alpha value is -2.14. The number of Topliss-reactive ketones (excluding diaryl/α,β-unsaturated/α-hetero) is 1. The fraction of sp³-hybridized carbons (Fsp3) is 0.263. The Labute approximate surface area is 144 Å². The fourth-order valence-corrected chi connectivity index (χ4v) is 3.88. The van der Waals surface area contributed by atoms with Gasteiger partial charge in [0.15, 0.2) is 5.78 Å². The first-order chi connectivity index (χ1) is 11.6. The molecule has 124 valence electrons. The van der Waals surface area contributed by atoms with Crippen molar-refractivity contribution in [1.29, 1.82) is 0 Å². The molecular formula is C19H18FNO2S. The molecule has 1 atom stereocenters. The first-order valence-electron chi connectivity index (χ1n) is 7.93. The first-order valence-corrected chi connectivity index (χ1v) is 8.92. The third-order valence-electron chi connectivity index (χ3n) is 4.02. The zero-order valence-corrected chi connectivity index (χ0v) is 13.9. The minimum Gasteiger partial charge on any atom is -0.349 e. The van der Waals surface area contributed by atoms with Gasteiger partial charge in [0.05, 0.1) is 6.04 Å². The molecule has 1 heterocycles. The van der Waals surface area contributed by atoms with E-state index in [0.717, 1.165) is 22.6 Å². The highest BCUT2D eigenvalue weighted by atomic mass is 32.2. The Morgan fingerprint density at radius 3 is 2.71 bits per heavy atom. The van der Waals surface area contributed by atoms with Gasteiger partial charge in [0.25, 0.3) is 0 Å². The van der Waals surface area contributed by atoms with E-state index in [4.69, 9.17) is 0 Å². The van der Waals surface area contributed by atoms with Crippen molar-refractivity contribution in [3.63, 3.8) is 0 Å². The molecule has 5 heteroatoms. The van der Waals surface area contributed by atoms with Crippen molar-refractivity contribution in [3.05, 3.63) is 65.5 Å². The van der Waals surface area contributed by atoms with Gasteiger partial charge in [-0.05, 0) is 30.2 Å². The zero-order valence-electron chi connectivity index (χ0n) is 13.1. The number of carbonyl (C=O) groups excluding carboxylic acids is 2. The minimum absolute atomic E-state index is 0.0450. The van der Waals surface area contributed by atoms with Crippen LogP contribution in [0.15, 0.2) is 53.4 Å². The van der Waals surface area contributed by atoms with Crippen LogP contribution in [-0.2, 0) is 4.79 Å². The molecule has 1 unspecified atom stereocenters. The molecular weight excluding hydrogens is 325 g/mol. The Bertz CT molecular complexity index is 748. The number of carbonyl (C=O) groups is 2. The molecule has 0 fully saturated rings. The van der Waals surface area contributed by atoms with Gasteiger partial charge in [0.1, 0.15) is 5.82 Å². The highest BCUT2D eigenvalue weighted by Gasteiger charge is 2.23. The number of hydrogen-bond donors (Lipinski definition) is 1. The fourth-order valence-electron chi connectivity index (χ4n) is 2.78. The van der Waals surface area contributed by atoms with E-state index >= 15 is 0 Å². The molecule has 0 saturated heterocycles. The van der Waals surface area contributed by atoms with E-state index < -0.39 is 0 Å². The Balaban J connectivity index is 1.58. The second-order valence-electron chi connectivity index (χ2n) is 5.73. The van der Waals surface area contributed by atoms with E-state index in [1.807, 2.05) is 6.07 Å². The van der Waals surface area contributed by atoms with Crippen molar-refractivity contribution in [1.82, 2.24) is 5.32 Å². The maximum Gasteiger partial charge on any atom is 0.220 e. The van der Waals surface area contributed by atoms with Crippen LogP contribution in [0.4, 0.5) is 4.39 Å². The van der Waals surface area contributed by atoms with Crippen LogP contribution in [0.5, 0.6) is 0 Å². The molecule has 0 spiro atoms. The van der Waals surface area contributed by atoms with E-state index in [1.165, 1.54) is 12.1 Å². The summed E-state index contributed by atoms with van der Waals surface area (Å²) in [5, 5.41) is 2.94. The number of ketones is 1. The highest BCUT2D eigenvalue weighted by Crippen LogP contribution is 2.36. The smallest absolute Gasteiger partial charge is 0.220 e. The normalized spacial score (nSPS) is 16.3. The topological polar surface area (TPSA) is 46.2 Å². The van der Waals surface area contributed by atoms with Crippen molar-refractivity contribution in [2.24, 2.45) is 0 Å². The van der Waals surface area contributed by atoms with Gasteiger partial charge in [-0.15, -0.1) is 11.8 Å². The molecule has 0 aromatic heterocycles. The predicted molar refractivity (Wildman–Crippen MR) is 92.6 cm³/mol. The van der Waals surface area contributed by atoms with Crippen LogP contribution in [0.1, 0.15) is 41.2 Å². The molecule has 0 aliphatic carbocycles. The summed E-state index contributed by atoms with van der Waals surface area (Å²) < 4.78 is 13.5. The van der Waals surface area contributed by atoms with E-state index in [9.17, 15) is 14.0 Å². The summed E-state index contributed by atoms with van der Waals surface area (Å²) >= 11 is 1.67. The lowest BCUT2D eigenvalue weighted by molar-refractivity contribution is -0.121. The van der Waals surface area contributed by atoms with Gasteiger partial charge in [0.2, 0.25) is 5.91 Å². The number of halogens is 1. The van der Waals surface area contributed by atoms with Gasteiger partial charge in [-0.2, -0.15) is 0 Å². The molecule has 3 rings (SSSR count). The number of rotatable bonds is 5. The standard InChI is InChI=1S/C19H18FNO2S/c20-14-6-8-18-15(12-14)16(10-11-24-18)21-19(23)9-7-17(22)13-4-2-1-3-5-13/h1-6,8,12,16H,7,9-11H2,(H,21,23). The van der Waals surface area contributed by atoms with Crippen LogP contribution >= 0.6 is 11.8 Å². The largest absolute Gasteiger partial charge is 0.349 e. The van der Waals surface area contributed by atoms with Crippen LogP contribution in [-0.4, -0.2) is 17.4 Å². The summed E-state index contributed by atoms with van der Waals surface area (Å²) in [4.78, 5) is 25.2. The monoisotopic (exact) mass is 343 g/mol. The summed E-state index contributed by atoms with van der Waals surface area (Å²) in [7, 11) is 0. The minimum atomic E-state index is -0.297. The number of thioether (sulfide) groups is 1. The van der Waals surface area contributed by atoms with Crippen molar-refractivity contribution in [3.8, 4) is 0 Å². The molecule has 2 aromatic rings. The zero-order chi connectivity index (χ0) is 16.9. The van der Waals surface area contributed by atoms with Crippen molar-refractivity contribution < 1.29 is 14.0 Å². The molecule has 0 bridgehead atoms. The molecule has 1 N–H and O–H groups in total. The van der Waals surface area contributed by atoms with Crippen molar-refractivity contribution in [2.45, 2.75) is 30.2 Å². The SMILES string of the molecule is O=C(CCC(=O)c1ccccc1)NC1CCSc2ccc(F)cc21. The predicted octanol–water partition coefficient (Wildman–Crippen LogP) is 4.14. The number of benzene rings is 2. The van der Waals surface area contributed by atoms with Crippen LogP contribution in [0.25, 0.3) is 0 Å². The molecule has 3 nitrogen and oxygen atoms in total. The van der Waals surface area contributed by atoms with Crippen LogP contribution < -0.4 is 5.32 Å².